The van der Waals surface area contributed by atoms with E-state index in [1.165, 1.54) is 0 Å². The molecule has 1 aliphatic rings. The summed E-state index contributed by atoms with van der Waals surface area (Å²) < 4.78 is 0.876. The van der Waals surface area contributed by atoms with E-state index in [0.717, 1.165) is 28.3 Å². The summed E-state index contributed by atoms with van der Waals surface area (Å²) >= 11 is 15.5. The van der Waals surface area contributed by atoms with Gasteiger partial charge in [0.25, 0.3) is 0 Å². The van der Waals surface area contributed by atoms with Gasteiger partial charge in [-0.25, -0.2) is 4.79 Å². The number of carbonyl (C=O) groups is 1. The second-order valence-electron chi connectivity index (χ2n) is 5.51. The smallest absolute Gasteiger partial charge is 0.322 e. The van der Waals surface area contributed by atoms with Crippen LogP contribution < -0.4 is 10.2 Å². The number of halogens is 3. The second-order valence-corrected chi connectivity index (χ2v) is 7.27. The van der Waals surface area contributed by atoms with Gasteiger partial charge in [-0.2, -0.15) is 0 Å². The number of amides is 2. The third-order valence-corrected chi connectivity index (χ3v) is 4.95. The van der Waals surface area contributed by atoms with E-state index in [1.807, 2.05) is 30.3 Å². The van der Waals surface area contributed by atoms with Crippen LogP contribution in [0.5, 0.6) is 0 Å². The molecule has 2 aromatic carbocycles. The van der Waals surface area contributed by atoms with Crippen molar-refractivity contribution in [2.45, 2.75) is 0 Å². The average molecular weight is 429 g/mol. The van der Waals surface area contributed by atoms with Gasteiger partial charge in [-0.05, 0) is 36.4 Å². The summed E-state index contributed by atoms with van der Waals surface area (Å²) in [5.41, 5.74) is 1.70. The van der Waals surface area contributed by atoms with Crippen molar-refractivity contribution in [2.24, 2.45) is 0 Å². The topological polar surface area (TPSA) is 35.6 Å². The molecule has 0 unspecified atom stereocenters. The molecule has 1 N–H and O–H groups in total. The number of nitrogens with zero attached hydrogens (tertiary/aromatic N) is 2. The van der Waals surface area contributed by atoms with Crippen molar-refractivity contribution >= 4 is 56.5 Å². The van der Waals surface area contributed by atoms with Crippen molar-refractivity contribution in [1.82, 2.24) is 4.90 Å². The standard InChI is InChI=1S/C17H16BrCl2N3O/c18-12-4-5-16(15(20)10-12)21-17(24)23-8-6-22(7-9-23)14-3-1-2-13(19)11-14/h1-5,10-11H,6-9H2,(H,21,24). The first-order valence-electron chi connectivity index (χ1n) is 7.54. The van der Waals surface area contributed by atoms with Crippen molar-refractivity contribution in [3.63, 3.8) is 0 Å². The van der Waals surface area contributed by atoms with Crippen molar-refractivity contribution in [2.75, 3.05) is 36.4 Å². The number of carbonyl (C=O) groups excluding carboxylic acids is 1. The number of benzene rings is 2. The van der Waals surface area contributed by atoms with Gasteiger partial charge in [0.05, 0.1) is 10.7 Å². The molecule has 126 valence electrons. The zero-order chi connectivity index (χ0) is 17.1. The predicted molar refractivity (Wildman–Crippen MR) is 103 cm³/mol. The summed E-state index contributed by atoms with van der Waals surface area (Å²) in [6.45, 7) is 2.82. The van der Waals surface area contributed by atoms with Gasteiger partial charge < -0.3 is 15.1 Å². The highest BCUT2D eigenvalue weighted by molar-refractivity contribution is 9.10. The van der Waals surface area contributed by atoms with E-state index in [-0.39, 0.29) is 6.03 Å². The van der Waals surface area contributed by atoms with Crippen LogP contribution in [0.2, 0.25) is 10.0 Å². The monoisotopic (exact) mass is 427 g/mol. The fourth-order valence-corrected chi connectivity index (χ4v) is 3.53. The zero-order valence-electron chi connectivity index (χ0n) is 12.8. The molecule has 0 bridgehead atoms. The number of hydrogen-bond donors (Lipinski definition) is 1. The van der Waals surface area contributed by atoms with Gasteiger partial charge >= 0.3 is 6.03 Å². The minimum atomic E-state index is -0.134. The second kappa shape index (κ2) is 7.64. The van der Waals surface area contributed by atoms with Crippen LogP contribution in [0.3, 0.4) is 0 Å². The van der Waals surface area contributed by atoms with E-state index in [1.54, 1.807) is 17.0 Å². The highest BCUT2D eigenvalue weighted by Crippen LogP contribution is 2.26. The van der Waals surface area contributed by atoms with Crippen molar-refractivity contribution in [3.05, 3.63) is 57.0 Å². The van der Waals surface area contributed by atoms with E-state index in [9.17, 15) is 4.79 Å². The molecule has 0 saturated carbocycles. The Balaban J connectivity index is 1.59. The Morgan fingerprint density at radius 2 is 1.79 bits per heavy atom. The molecule has 4 nitrogen and oxygen atoms in total. The molecule has 0 spiro atoms. The van der Waals surface area contributed by atoms with Crippen LogP contribution in [-0.2, 0) is 0 Å². The maximum atomic E-state index is 12.4. The van der Waals surface area contributed by atoms with E-state index in [4.69, 9.17) is 23.2 Å². The molecule has 0 radical (unpaired) electrons. The van der Waals surface area contributed by atoms with Gasteiger partial charge in [-0.15, -0.1) is 0 Å². The third kappa shape index (κ3) is 4.15. The first-order chi connectivity index (χ1) is 11.5. The lowest BCUT2D eigenvalue weighted by Crippen LogP contribution is -2.50. The fourth-order valence-electron chi connectivity index (χ4n) is 2.63. The molecule has 0 atom stereocenters. The number of anilines is 2. The van der Waals surface area contributed by atoms with E-state index >= 15 is 0 Å². The van der Waals surface area contributed by atoms with Gasteiger partial charge in [0.2, 0.25) is 0 Å². The maximum Gasteiger partial charge on any atom is 0.322 e. The van der Waals surface area contributed by atoms with E-state index in [2.05, 4.69) is 26.1 Å². The lowest BCUT2D eigenvalue weighted by molar-refractivity contribution is 0.208. The summed E-state index contributed by atoms with van der Waals surface area (Å²) in [6.07, 6.45) is 0. The number of urea groups is 1. The highest BCUT2D eigenvalue weighted by Gasteiger charge is 2.22. The minimum absolute atomic E-state index is 0.134. The van der Waals surface area contributed by atoms with Crippen LogP contribution in [0, 0.1) is 0 Å². The van der Waals surface area contributed by atoms with Crippen LogP contribution in [0.15, 0.2) is 46.9 Å². The van der Waals surface area contributed by atoms with Crippen molar-refractivity contribution in [3.8, 4) is 0 Å². The van der Waals surface area contributed by atoms with Gasteiger partial charge in [-0.1, -0.05) is 45.2 Å². The molecule has 0 aromatic heterocycles. The van der Waals surface area contributed by atoms with Crippen LogP contribution in [0.4, 0.5) is 16.2 Å². The van der Waals surface area contributed by atoms with E-state index < -0.39 is 0 Å². The minimum Gasteiger partial charge on any atom is -0.368 e. The zero-order valence-corrected chi connectivity index (χ0v) is 15.9. The molecule has 3 rings (SSSR count). The van der Waals surface area contributed by atoms with Gasteiger partial charge in [0.15, 0.2) is 0 Å². The quantitative estimate of drug-likeness (QED) is 0.721. The predicted octanol–water partition coefficient (Wildman–Crippen LogP) is 5.11. The largest absolute Gasteiger partial charge is 0.368 e. The third-order valence-electron chi connectivity index (χ3n) is 3.91. The molecular formula is C17H16BrCl2N3O. The molecule has 2 amide bonds. The lowest BCUT2D eigenvalue weighted by atomic mass is 10.2. The summed E-state index contributed by atoms with van der Waals surface area (Å²) in [5, 5.41) is 4.09. The summed E-state index contributed by atoms with van der Waals surface area (Å²) in [5.74, 6) is 0. The Kier molecular flexibility index (Phi) is 5.54. The van der Waals surface area contributed by atoms with Crippen molar-refractivity contribution in [1.29, 1.82) is 0 Å². The maximum absolute atomic E-state index is 12.4. The van der Waals surface area contributed by atoms with Crippen molar-refractivity contribution < 1.29 is 4.79 Å². The molecule has 1 aliphatic heterocycles. The first kappa shape index (κ1) is 17.4. The lowest BCUT2D eigenvalue weighted by Gasteiger charge is -2.36. The molecule has 0 aliphatic carbocycles. The number of hydrogen-bond acceptors (Lipinski definition) is 2. The number of nitrogens with one attached hydrogen (secondary N) is 1. The molecule has 1 fully saturated rings. The molecule has 24 heavy (non-hydrogen) atoms. The van der Waals surface area contributed by atoms with Crippen LogP contribution in [0.25, 0.3) is 0 Å². The Hall–Kier alpha value is -1.43. The van der Waals surface area contributed by atoms with Gasteiger partial charge in [0.1, 0.15) is 0 Å². The average Bonchev–Trinajstić information content (AvgIpc) is 2.57. The Morgan fingerprint density at radius 1 is 1.04 bits per heavy atom. The molecule has 2 aromatic rings. The molecular weight excluding hydrogens is 413 g/mol. The number of piperazine rings is 1. The summed E-state index contributed by atoms with van der Waals surface area (Å²) in [6, 6.07) is 13.0. The Morgan fingerprint density at radius 3 is 2.46 bits per heavy atom. The normalized spacial score (nSPS) is 14.6. The van der Waals surface area contributed by atoms with Gasteiger partial charge in [0, 0.05) is 41.4 Å². The van der Waals surface area contributed by atoms with Crippen LogP contribution in [0.1, 0.15) is 0 Å². The summed E-state index contributed by atoms with van der Waals surface area (Å²) in [7, 11) is 0. The molecule has 7 heteroatoms. The fraction of sp³-hybridized carbons (Fsp3) is 0.235. The van der Waals surface area contributed by atoms with Crippen LogP contribution in [-0.4, -0.2) is 37.1 Å². The highest BCUT2D eigenvalue weighted by atomic mass is 79.9. The van der Waals surface area contributed by atoms with Crippen LogP contribution >= 0.6 is 39.1 Å². The Labute approximate surface area is 159 Å². The Bertz CT molecular complexity index is 748. The number of rotatable bonds is 2. The first-order valence-corrected chi connectivity index (χ1v) is 9.09. The van der Waals surface area contributed by atoms with E-state index in [0.29, 0.717) is 23.8 Å². The molecule has 1 heterocycles. The SMILES string of the molecule is O=C(Nc1ccc(Br)cc1Cl)N1CCN(c2cccc(Cl)c2)CC1. The van der Waals surface area contributed by atoms with Gasteiger partial charge in [-0.3, -0.25) is 0 Å². The molecule has 1 saturated heterocycles. The summed E-state index contributed by atoms with van der Waals surface area (Å²) in [4.78, 5) is 16.4.